The summed E-state index contributed by atoms with van der Waals surface area (Å²) in [6.45, 7) is 0. The quantitative estimate of drug-likeness (QED) is 0.569. The Balaban J connectivity index is 1.80. The topological polar surface area (TPSA) is 79.0 Å². The number of fused-ring (bicyclic) bond motifs is 1. The Labute approximate surface area is 139 Å². The minimum absolute atomic E-state index is 0.197. The minimum Gasteiger partial charge on any atom is -0.334 e. The predicted molar refractivity (Wildman–Crippen MR) is 89.7 cm³/mol. The van der Waals surface area contributed by atoms with Crippen LogP contribution in [0.4, 0.5) is 0 Å². The van der Waals surface area contributed by atoms with E-state index in [1.54, 1.807) is 24.3 Å². The summed E-state index contributed by atoms with van der Waals surface area (Å²) in [4.78, 5) is 37.8. The summed E-state index contributed by atoms with van der Waals surface area (Å²) in [5, 5.41) is 0.197. The van der Waals surface area contributed by atoms with Crippen molar-refractivity contribution in [3.05, 3.63) is 81.9 Å². The Morgan fingerprint density at radius 1 is 0.958 bits per heavy atom. The number of thiazole rings is 1. The third-order valence-corrected chi connectivity index (χ3v) is 4.22. The second-order valence-electron chi connectivity index (χ2n) is 4.85. The van der Waals surface area contributed by atoms with Gasteiger partial charge in [0.25, 0.3) is 0 Å². The van der Waals surface area contributed by atoms with Crippen molar-refractivity contribution < 1.29 is 4.84 Å². The fourth-order valence-corrected chi connectivity index (χ4v) is 3.01. The van der Waals surface area contributed by atoms with Crippen LogP contribution in [0.2, 0.25) is 0 Å². The van der Waals surface area contributed by atoms with Crippen LogP contribution in [0.1, 0.15) is 0 Å². The highest BCUT2D eigenvalue weighted by Gasteiger charge is 2.12. The Hall–Kier alpha value is -3.26. The van der Waals surface area contributed by atoms with Crippen molar-refractivity contribution in [3.8, 4) is 10.9 Å². The van der Waals surface area contributed by atoms with Gasteiger partial charge in [-0.05, 0) is 24.3 Å². The molecule has 2 aromatic heterocycles. The zero-order valence-corrected chi connectivity index (χ0v) is 13.0. The zero-order valence-electron chi connectivity index (χ0n) is 12.2. The third-order valence-electron chi connectivity index (χ3n) is 3.32. The normalized spacial score (nSPS) is 10.8. The van der Waals surface area contributed by atoms with E-state index in [-0.39, 0.29) is 5.19 Å². The van der Waals surface area contributed by atoms with Crippen molar-refractivity contribution in [2.24, 2.45) is 0 Å². The van der Waals surface area contributed by atoms with Gasteiger partial charge in [-0.2, -0.15) is 4.98 Å². The van der Waals surface area contributed by atoms with Crippen LogP contribution < -0.4 is 16.2 Å². The number of hydrogen-bond donors (Lipinski definition) is 0. The molecule has 7 nitrogen and oxygen atoms in total. The number of aromatic nitrogens is 4. The van der Waals surface area contributed by atoms with Crippen LogP contribution in [0.25, 0.3) is 15.9 Å². The van der Waals surface area contributed by atoms with Crippen LogP contribution in [-0.4, -0.2) is 19.3 Å². The van der Waals surface area contributed by atoms with Gasteiger partial charge in [0.15, 0.2) is 0 Å². The van der Waals surface area contributed by atoms with E-state index in [2.05, 4.69) is 9.97 Å². The zero-order chi connectivity index (χ0) is 16.5. The van der Waals surface area contributed by atoms with Crippen LogP contribution in [0, 0.1) is 0 Å². The molecule has 2 aromatic carbocycles. The van der Waals surface area contributed by atoms with E-state index in [1.165, 1.54) is 22.2 Å². The van der Waals surface area contributed by atoms with Crippen molar-refractivity contribution in [1.82, 2.24) is 19.3 Å². The van der Waals surface area contributed by atoms with Gasteiger partial charge in [-0.3, -0.25) is 0 Å². The highest BCUT2D eigenvalue weighted by Crippen LogP contribution is 2.26. The monoisotopic (exact) mass is 338 g/mol. The molecule has 0 saturated carbocycles. The van der Waals surface area contributed by atoms with Crippen LogP contribution in [0.3, 0.4) is 0 Å². The summed E-state index contributed by atoms with van der Waals surface area (Å²) in [6, 6.07) is 16.3. The highest BCUT2D eigenvalue weighted by molar-refractivity contribution is 7.20. The first kappa shape index (κ1) is 14.3. The lowest BCUT2D eigenvalue weighted by Gasteiger charge is -2.07. The molecule has 0 radical (unpaired) electrons. The van der Waals surface area contributed by atoms with Crippen LogP contribution in [0.15, 0.2) is 70.5 Å². The molecule has 4 aromatic rings. The lowest BCUT2D eigenvalue weighted by molar-refractivity contribution is 0.181. The van der Waals surface area contributed by atoms with Crippen molar-refractivity contribution in [1.29, 1.82) is 0 Å². The molecular weight excluding hydrogens is 328 g/mol. The van der Waals surface area contributed by atoms with Gasteiger partial charge in [0.1, 0.15) is 6.33 Å². The number of para-hydroxylation sites is 2. The number of rotatable bonds is 3. The molecule has 2 heterocycles. The van der Waals surface area contributed by atoms with E-state index in [9.17, 15) is 9.59 Å². The minimum atomic E-state index is -0.800. The van der Waals surface area contributed by atoms with Gasteiger partial charge in [-0.1, -0.05) is 46.4 Å². The van der Waals surface area contributed by atoms with Crippen LogP contribution in [-0.2, 0) is 0 Å². The Morgan fingerprint density at radius 2 is 1.71 bits per heavy atom. The molecule has 118 valence electrons. The summed E-state index contributed by atoms with van der Waals surface area (Å²) >= 11 is 1.24. The van der Waals surface area contributed by atoms with Crippen LogP contribution >= 0.6 is 11.3 Å². The van der Waals surface area contributed by atoms with E-state index in [4.69, 9.17) is 4.84 Å². The molecule has 0 aliphatic rings. The summed E-state index contributed by atoms with van der Waals surface area (Å²) in [5.41, 5.74) is -0.138. The van der Waals surface area contributed by atoms with E-state index >= 15 is 0 Å². The number of hydrogen-bond acceptors (Lipinski definition) is 6. The molecule has 0 aliphatic heterocycles. The van der Waals surface area contributed by atoms with Gasteiger partial charge >= 0.3 is 16.6 Å². The maximum atomic E-state index is 12.5. The first-order valence-electron chi connectivity index (χ1n) is 7.02. The van der Waals surface area contributed by atoms with Gasteiger partial charge in [0.05, 0.1) is 15.9 Å². The van der Waals surface area contributed by atoms with E-state index < -0.39 is 11.4 Å². The summed E-state index contributed by atoms with van der Waals surface area (Å²) in [5.74, 6) is 0. The maximum absolute atomic E-state index is 12.5. The molecule has 4 rings (SSSR count). The smallest absolute Gasteiger partial charge is 0.334 e. The van der Waals surface area contributed by atoms with Crippen molar-refractivity contribution >= 4 is 21.6 Å². The average molecular weight is 338 g/mol. The van der Waals surface area contributed by atoms with E-state index in [0.717, 1.165) is 10.2 Å². The molecule has 24 heavy (non-hydrogen) atoms. The van der Waals surface area contributed by atoms with Gasteiger partial charge in [-0.15, -0.1) is 0 Å². The lowest BCUT2D eigenvalue weighted by Crippen LogP contribution is -2.42. The Kier molecular flexibility index (Phi) is 3.43. The van der Waals surface area contributed by atoms with Crippen molar-refractivity contribution in [2.45, 2.75) is 0 Å². The van der Waals surface area contributed by atoms with Gasteiger partial charge < -0.3 is 4.84 Å². The Bertz CT molecular complexity index is 1100. The summed E-state index contributed by atoms with van der Waals surface area (Å²) in [6.07, 6.45) is 1.18. The average Bonchev–Trinajstić information content (AvgIpc) is 3.02. The van der Waals surface area contributed by atoms with Crippen molar-refractivity contribution in [3.63, 3.8) is 0 Å². The van der Waals surface area contributed by atoms with Gasteiger partial charge in [0, 0.05) is 0 Å². The molecule has 0 unspecified atom stereocenters. The maximum Gasteiger partial charge on any atom is 0.387 e. The molecule has 0 amide bonds. The first-order chi connectivity index (χ1) is 11.7. The van der Waals surface area contributed by atoms with Crippen molar-refractivity contribution in [2.75, 3.05) is 0 Å². The molecule has 0 saturated heterocycles. The van der Waals surface area contributed by atoms with E-state index in [0.29, 0.717) is 10.4 Å². The number of benzene rings is 2. The summed E-state index contributed by atoms with van der Waals surface area (Å²) in [7, 11) is 0. The lowest BCUT2D eigenvalue weighted by atomic mass is 10.3. The predicted octanol–water partition coefficient (Wildman–Crippen LogP) is 1.85. The van der Waals surface area contributed by atoms with E-state index in [1.807, 2.05) is 30.3 Å². The molecule has 0 aliphatic carbocycles. The molecule has 8 heteroatoms. The molecule has 0 N–H and O–H groups in total. The second kappa shape index (κ2) is 5.74. The largest absolute Gasteiger partial charge is 0.387 e. The summed E-state index contributed by atoms with van der Waals surface area (Å²) < 4.78 is 2.73. The van der Waals surface area contributed by atoms with Gasteiger partial charge in [0.2, 0.25) is 0 Å². The number of nitrogens with zero attached hydrogens (tertiary/aromatic N) is 4. The SMILES string of the molecule is O=c1ncn(-c2ccccc2)c(=O)n1Oc1nc2ccccc2s1. The van der Waals surface area contributed by atoms with Gasteiger partial charge in [-0.25, -0.2) is 19.1 Å². The molecule has 0 atom stereocenters. The third kappa shape index (κ3) is 2.48. The fourth-order valence-electron chi connectivity index (χ4n) is 2.20. The van der Waals surface area contributed by atoms with Crippen LogP contribution in [0.5, 0.6) is 5.19 Å². The molecule has 0 spiro atoms. The molecular formula is C16H10N4O3S. The standard InChI is InChI=1S/C16H10N4O3S/c21-14-17-10-19(11-6-2-1-3-7-11)16(22)20(14)23-15-18-12-8-4-5-9-13(12)24-15/h1-10H. The molecule has 0 bridgehead atoms. The first-order valence-corrected chi connectivity index (χ1v) is 7.84. The second-order valence-corrected chi connectivity index (χ2v) is 5.84. The molecule has 0 fully saturated rings. The Morgan fingerprint density at radius 3 is 2.50 bits per heavy atom. The highest BCUT2D eigenvalue weighted by atomic mass is 32.1. The fraction of sp³-hybridized carbons (Fsp3) is 0.